The quantitative estimate of drug-likeness (QED) is 0.896. The van der Waals surface area contributed by atoms with Crippen molar-refractivity contribution in [2.45, 2.75) is 45.8 Å². The summed E-state index contributed by atoms with van der Waals surface area (Å²) in [5.41, 5.74) is -1.11. The van der Waals surface area contributed by atoms with Gasteiger partial charge in [-0.1, -0.05) is 30.3 Å². The molecule has 1 aromatic carbocycles. The molecule has 0 saturated heterocycles. The molecule has 0 saturated carbocycles. The molecule has 5 heteroatoms. The number of carbonyl (C=O) groups is 2. The van der Waals surface area contributed by atoms with Crippen molar-refractivity contribution < 1.29 is 14.3 Å². The summed E-state index contributed by atoms with van der Waals surface area (Å²) in [5, 5.41) is 5.42. The van der Waals surface area contributed by atoms with Gasteiger partial charge in [0.1, 0.15) is 11.1 Å². The number of alkyl carbamates (subject to hydrolysis) is 1. The van der Waals surface area contributed by atoms with E-state index >= 15 is 0 Å². The van der Waals surface area contributed by atoms with Crippen molar-refractivity contribution in [1.29, 1.82) is 0 Å². The molecule has 1 rings (SSSR count). The summed E-state index contributed by atoms with van der Waals surface area (Å²) in [6.45, 7) is 9.31. The zero-order chi connectivity index (χ0) is 16.1. The first-order valence-corrected chi connectivity index (χ1v) is 7.04. The molecule has 116 valence electrons. The fourth-order valence-electron chi connectivity index (χ4n) is 1.88. The fourth-order valence-corrected chi connectivity index (χ4v) is 1.88. The summed E-state index contributed by atoms with van der Waals surface area (Å²) in [6.07, 6.45) is -0.625. The van der Waals surface area contributed by atoms with Crippen molar-refractivity contribution >= 4 is 12.0 Å². The van der Waals surface area contributed by atoms with Gasteiger partial charge in [0, 0.05) is 6.54 Å². The smallest absolute Gasteiger partial charge is 0.408 e. The molecule has 0 bridgehead atoms. The molecule has 0 radical (unpaired) electrons. The number of amides is 2. The van der Waals surface area contributed by atoms with E-state index in [1.807, 2.05) is 25.1 Å². The largest absolute Gasteiger partial charge is 0.444 e. The van der Waals surface area contributed by atoms with Crippen LogP contribution in [0.2, 0.25) is 0 Å². The van der Waals surface area contributed by atoms with Crippen LogP contribution in [0.4, 0.5) is 4.79 Å². The third kappa shape index (κ3) is 4.77. The van der Waals surface area contributed by atoms with Gasteiger partial charge in [-0.15, -0.1) is 0 Å². The van der Waals surface area contributed by atoms with E-state index in [2.05, 4.69) is 10.6 Å². The second-order valence-electron chi connectivity index (χ2n) is 5.98. The fraction of sp³-hybridized carbons (Fsp3) is 0.500. The standard InChI is InChI=1S/C16H24N2O3/c1-6-17-13(19)16(5,12-10-8-7-9-11-12)18-14(20)21-15(2,3)4/h7-11H,6H2,1-5H3,(H,17,19)(H,18,20)/t16-/m1/s1. The molecule has 0 unspecified atom stereocenters. The Bertz CT molecular complexity index is 494. The van der Waals surface area contributed by atoms with Crippen molar-refractivity contribution in [2.75, 3.05) is 6.54 Å². The highest BCUT2D eigenvalue weighted by atomic mass is 16.6. The molecule has 0 aliphatic rings. The number of benzene rings is 1. The minimum Gasteiger partial charge on any atom is -0.444 e. The van der Waals surface area contributed by atoms with Crippen molar-refractivity contribution in [1.82, 2.24) is 10.6 Å². The predicted octanol–water partition coefficient (Wildman–Crippen LogP) is 2.56. The van der Waals surface area contributed by atoms with Crippen LogP contribution >= 0.6 is 0 Å². The Morgan fingerprint density at radius 2 is 1.67 bits per heavy atom. The van der Waals surface area contributed by atoms with Crippen LogP contribution in [-0.4, -0.2) is 24.1 Å². The monoisotopic (exact) mass is 292 g/mol. The van der Waals surface area contributed by atoms with Crippen LogP contribution in [0, 0.1) is 0 Å². The predicted molar refractivity (Wildman–Crippen MR) is 81.8 cm³/mol. The lowest BCUT2D eigenvalue weighted by Gasteiger charge is -2.31. The van der Waals surface area contributed by atoms with Gasteiger partial charge >= 0.3 is 6.09 Å². The van der Waals surface area contributed by atoms with Crippen LogP contribution in [0.15, 0.2) is 30.3 Å². The van der Waals surface area contributed by atoms with E-state index < -0.39 is 17.2 Å². The van der Waals surface area contributed by atoms with Crippen LogP contribution < -0.4 is 10.6 Å². The SMILES string of the molecule is CCNC(=O)[C@](C)(NC(=O)OC(C)(C)C)c1ccccc1. The van der Waals surface area contributed by atoms with Crippen LogP contribution in [0.5, 0.6) is 0 Å². The molecule has 1 atom stereocenters. The van der Waals surface area contributed by atoms with Gasteiger partial charge in [0.25, 0.3) is 0 Å². The summed E-state index contributed by atoms with van der Waals surface area (Å²) in [7, 11) is 0. The van der Waals surface area contributed by atoms with Crippen molar-refractivity contribution in [3.63, 3.8) is 0 Å². The van der Waals surface area contributed by atoms with Gasteiger partial charge in [0.05, 0.1) is 0 Å². The maximum Gasteiger partial charge on any atom is 0.408 e. The molecule has 5 nitrogen and oxygen atoms in total. The zero-order valence-corrected chi connectivity index (χ0v) is 13.3. The topological polar surface area (TPSA) is 67.4 Å². The molecule has 0 heterocycles. The molecule has 0 aromatic heterocycles. The van der Waals surface area contributed by atoms with E-state index in [0.29, 0.717) is 12.1 Å². The highest BCUT2D eigenvalue weighted by molar-refractivity contribution is 5.90. The third-order valence-electron chi connectivity index (χ3n) is 2.89. The Balaban J connectivity index is 3.04. The summed E-state index contributed by atoms with van der Waals surface area (Å²) in [5.74, 6) is -0.276. The molecular weight excluding hydrogens is 268 g/mol. The Labute approximate surface area is 126 Å². The zero-order valence-electron chi connectivity index (χ0n) is 13.3. The summed E-state index contributed by atoms with van der Waals surface area (Å²) < 4.78 is 5.25. The third-order valence-corrected chi connectivity index (χ3v) is 2.89. The first-order chi connectivity index (χ1) is 9.69. The number of hydrogen-bond acceptors (Lipinski definition) is 3. The molecule has 21 heavy (non-hydrogen) atoms. The van der Waals surface area contributed by atoms with E-state index in [4.69, 9.17) is 4.74 Å². The van der Waals surface area contributed by atoms with E-state index in [0.717, 1.165) is 0 Å². The molecular formula is C16H24N2O3. The molecule has 2 N–H and O–H groups in total. The van der Waals surface area contributed by atoms with Gasteiger partial charge in [0.15, 0.2) is 0 Å². The van der Waals surface area contributed by atoms with Crippen LogP contribution in [0.3, 0.4) is 0 Å². The number of rotatable bonds is 4. The lowest BCUT2D eigenvalue weighted by Crippen LogP contribution is -2.55. The number of likely N-dealkylation sites (N-methyl/N-ethyl adjacent to an activating group) is 1. The normalized spacial score (nSPS) is 14.0. The average molecular weight is 292 g/mol. The maximum atomic E-state index is 12.4. The van der Waals surface area contributed by atoms with Crippen LogP contribution in [-0.2, 0) is 15.1 Å². The van der Waals surface area contributed by atoms with Gasteiger partial charge in [-0.25, -0.2) is 4.79 Å². The van der Waals surface area contributed by atoms with Gasteiger partial charge in [-0.3, -0.25) is 4.79 Å². The lowest BCUT2D eigenvalue weighted by molar-refractivity contribution is -0.127. The van der Waals surface area contributed by atoms with Gasteiger partial charge < -0.3 is 15.4 Å². The van der Waals surface area contributed by atoms with Gasteiger partial charge in [-0.2, -0.15) is 0 Å². The minimum absolute atomic E-state index is 0.276. The summed E-state index contributed by atoms with van der Waals surface area (Å²) >= 11 is 0. The first kappa shape index (κ1) is 17.0. The van der Waals surface area contributed by atoms with Crippen LogP contribution in [0.1, 0.15) is 40.2 Å². The molecule has 0 fully saturated rings. The Morgan fingerprint density at radius 1 is 1.10 bits per heavy atom. The summed E-state index contributed by atoms with van der Waals surface area (Å²) in [6, 6.07) is 9.10. The van der Waals surface area contributed by atoms with Crippen molar-refractivity contribution in [3.05, 3.63) is 35.9 Å². The number of hydrogen-bond donors (Lipinski definition) is 2. The molecule has 0 aliphatic heterocycles. The minimum atomic E-state index is -1.18. The molecule has 0 spiro atoms. The lowest BCUT2D eigenvalue weighted by atomic mass is 9.91. The number of nitrogens with one attached hydrogen (secondary N) is 2. The van der Waals surface area contributed by atoms with Gasteiger partial charge in [-0.05, 0) is 40.2 Å². The second-order valence-corrected chi connectivity index (χ2v) is 5.98. The Kier molecular flexibility index (Phi) is 5.35. The van der Waals surface area contributed by atoms with E-state index in [-0.39, 0.29) is 5.91 Å². The van der Waals surface area contributed by atoms with E-state index in [9.17, 15) is 9.59 Å². The van der Waals surface area contributed by atoms with E-state index in [1.54, 1.807) is 39.8 Å². The Hall–Kier alpha value is -2.04. The van der Waals surface area contributed by atoms with E-state index in [1.165, 1.54) is 0 Å². The molecule has 0 aliphatic carbocycles. The highest BCUT2D eigenvalue weighted by Crippen LogP contribution is 2.22. The highest BCUT2D eigenvalue weighted by Gasteiger charge is 2.37. The number of carbonyl (C=O) groups excluding carboxylic acids is 2. The van der Waals surface area contributed by atoms with Crippen molar-refractivity contribution in [2.24, 2.45) is 0 Å². The maximum absolute atomic E-state index is 12.4. The molecule has 2 amide bonds. The summed E-state index contributed by atoms with van der Waals surface area (Å²) in [4.78, 5) is 24.4. The van der Waals surface area contributed by atoms with Crippen molar-refractivity contribution in [3.8, 4) is 0 Å². The number of ether oxygens (including phenoxy) is 1. The molecule has 1 aromatic rings. The Morgan fingerprint density at radius 3 is 2.14 bits per heavy atom. The van der Waals surface area contributed by atoms with Crippen LogP contribution in [0.25, 0.3) is 0 Å². The first-order valence-electron chi connectivity index (χ1n) is 7.04. The van der Waals surface area contributed by atoms with Gasteiger partial charge in [0.2, 0.25) is 5.91 Å². The average Bonchev–Trinajstić information content (AvgIpc) is 2.37. The second kappa shape index (κ2) is 6.61.